The first-order chi connectivity index (χ1) is 5.22. The Morgan fingerprint density at radius 2 is 2.27 bits per heavy atom. The summed E-state index contributed by atoms with van der Waals surface area (Å²) in [4.78, 5) is 12.0. The van der Waals surface area contributed by atoms with Gasteiger partial charge in [-0.2, -0.15) is 4.39 Å². The predicted octanol–water partition coefficient (Wildman–Crippen LogP) is 1.94. The van der Waals surface area contributed by atoms with Gasteiger partial charge in [-0.15, -0.1) is 0 Å². The van der Waals surface area contributed by atoms with Crippen molar-refractivity contribution in [3.63, 3.8) is 0 Å². The number of aromatic nitrogens is 1. The molecule has 0 unspecified atom stereocenters. The average Bonchev–Trinajstić information content (AvgIpc) is 1.97. The average molecular weight is 176 g/mol. The van der Waals surface area contributed by atoms with E-state index in [4.69, 9.17) is 4.79 Å². The molecule has 0 amide bonds. The van der Waals surface area contributed by atoms with Crippen LogP contribution in [0.3, 0.4) is 0 Å². The molecule has 0 aromatic carbocycles. The van der Waals surface area contributed by atoms with Gasteiger partial charge in [-0.1, -0.05) is 6.07 Å². The number of carbonyl (C=O) groups excluding carboxylic acids is 1. The lowest BCUT2D eigenvalue weighted by Gasteiger charge is -1.88. The first-order valence-corrected chi connectivity index (χ1v) is 3.27. The van der Waals surface area contributed by atoms with Crippen LogP contribution < -0.4 is 0 Å². The first-order valence-electron chi connectivity index (χ1n) is 2.83. The molecule has 60 valence electrons. The van der Waals surface area contributed by atoms with Crippen LogP contribution in [0.2, 0.25) is 0 Å². The molecule has 4 heteroatoms. The van der Waals surface area contributed by atoms with Crippen molar-refractivity contribution in [2.45, 2.75) is 6.92 Å². The zero-order valence-electron chi connectivity index (χ0n) is 5.92. The Balaban J connectivity index is 0.000000292. The highest BCUT2D eigenvalue weighted by molar-refractivity contribution is 6.54. The number of hydrogen-bond acceptors (Lipinski definition) is 2. The number of aryl methyl sites for hydroxylation is 1. The molecular formula is C7H7ClFNO. The Morgan fingerprint density at radius 3 is 2.55 bits per heavy atom. The summed E-state index contributed by atoms with van der Waals surface area (Å²) in [6.45, 7) is 1.68. The van der Waals surface area contributed by atoms with E-state index in [0.717, 1.165) is 0 Å². The highest BCUT2D eigenvalue weighted by atomic mass is 35.5. The van der Waals surface area contributed by atoms with Gasteiger partial charge in [0, 0.05) is 11.8 Å². The minimum atomic E-state index is -0.382. The van der Waals surface area contributed by atoms with Gasteiger partial charge in [0.05, 0.1) is 0 Å². The molecule has 0 spiro atoms. The van der Waals surface area contributed by atoms with Crippen molar-refractivity contribution in [3.05, 3.63) is 29.8 Å². The number of pyridine rings is 1. The van der Waals surface area contributed by atoms with Crippen LogP contribution in [0.25, 0.3) is 0 Å². The van der Waals surface area contributed by atoms with Gasteiger partial charge in [0.2, 0.25) is 11.7 Å². The molecule has 1 aromatic rings. The van der Waals surface area contributed by atoms with E-state index in [1.165, 1.54) is 6.20 Å². The fraction of sp³-hybridized carbons (Fsp3) is 0.143. The molecule has 0 bridgehead atoms. The van der Waals surface area contributed by atoms with Gasteiger partial charge >= 0.3 is 0 Å². The van der Waals surface area contributed by atoms with Crippen LogP contribution >= 0.6 is 11.6 Å². The van der Waals surface area contributed by atoms with Gasteiger partial charge in [0.1, 0.15) is 0 Å². The van der Waals surface area contributed by atoms with Crippen LogP contribution in [0.5, 0.6) is 0 Å². The zero-order chi connectivity index (χ0) is 8.69. The van der Waals surface area contributed by atoms with E-state index in [0.29, 0.717) is 5.56 Å². The molecule has 0 N–H and O–H groups in total. The summed E-state index contributed by atoms with van der Waals surface area (Å²) in [7, 11) is 0. The number of carbonyl (C=O) groups is 1. The van der Waals surface area contributed by atoms with Crippen molar-refractivity contribution >= 4 is 17.3 Å². The molecule has 0 saturated carbocycles. The van der Waals surface area contributed by atoms with E-state index >= 15 is 0 Å². The SMILES string of the molecule is Cc1cccnc1F.O=CCl. The largest absolute Gasteiger partial charge is 0.285 e. The summed E-state index contributed by atoms with van der Waals surface area (Å²) in [6.07, 6.45) is 1.43. The van der Waals surface area contributed by atoms with Gasteiger partial charge in [0.15, 0.2) is 0 Å². The molecule has 0 aliphatic rings. The van der Waals surface area contributed by atoms with E-state index in [2.05, 4.69) is 16.6 Å². The Bertz CT molecular complexity index is 208. The smallest absolute Gasteiger partial charge is 0.215 e. The molecule has 0 aliphatic carbocycles. The molecule has 0 atom stereocenters. The van der Waals surface area contributed by atoms with Gasteiger partial charge in [0.25, 0.3) is 0 Å². The Labute approximate surface area is 69.0 Å². The summed E-state index contributed by atoms with van der Waals surface area (Å²) < 4.78 is 12.2. The highest BCUT2D eigenvalue weighted by Crippen LogP contribution is 1.97. The third-order valence-corrected chi connectivity index (χ3v) is 0.946. The minimum absolute atomic E-state index is 0.222. The Hall–Kier alpha value is -0.960. The molecule has 1 aromatic heterocycles. The second-order valence-corrected chi connectivity index (χ2v) is 1.88. The number of halogens is 2. The van der Waals surface area contributed by atoms with Crippen molar-refractivity contribution in [2.24, 2.45) is 0 Å². The summed E-state index contributed by atoms with van der Waals surface area (Å²) in [5, 5.41) is 0. The summed E-state index contributed by atoms with van der Waals surface area (Å²) in [5.41, 5.74) is 0.590. The monoisotopic (exact) mass is 175 g/mol. The van der Waals surface area contributed by atoms with Gasteiger partial charge in [-0.3, -0.25) is 4.79 Å². The van der Waals surface area contributed by atoms with Gasteiger partial charge < -0.3 is 0 Å². The van der Waals surface area contributed by atoms with Crippen molar-refractivity contribution in [1.29, 1.82) is 0 Å². The molecule has 1 rings (SSSR count). The third-order valence-electron chi connectivity index (χ3n) is 0.946. The molecule has 2 nitrogen and oxygen atoms in total. The third kappa shape index (κ3) is 4.44. The fourth-order valence-electron chi connectivity index (χ4n) is 0.466. The van der Waals surface area contributed by atoms with E-state index in [-0.39, 0.29) is 11.7 Å². The lowest BCUT2D eigenvalue weighted by molar-refractivity contribution is 0.569. The minimum Gasteiger partial charge on any atom is -0.285 e. The van der Waals surface area contributed by atoms with Crippen molar-refractivity contribution in [3.8, 4) is 0 Å². The van der Waals surface area contributed by atoms with Gasteiger partial charge in [-0.25, -0.2) is 4.98 Å². The Morgan fingerprint density at radius 1 is 1.73 bits per heavy atom. The number of hydrogen-bond donors (Lipinski definition) is 0. The maximum absolute atomic E-state index is 12.2. The maximum Gasteiger partial charge on any atom is 0.215 e. The maximum atomic E-state index is 12.2. The van der Waals surface area contributed by atoms with Crippen molar-refractivity contribution < 1.29 is 9.18 Å². The zero-order valence-corrected chi connectivity index (χ0v) is 6.68. The molecule has 0 aliphatic heterocycles. The van der Waals surface area contributed by atoms with Gasteiger partial charge in [-0.05, 0) is 24.6 Å². The van der Waals surface area contributed by atoms with Crippen LogP contribution in [0.4, 0.5) is 4.39 Å². The summed E-state index contributed by atoms with van der Waals surface area (Å²) in [6, 6.07) is 3.39. The second-order valence-electron chi connectivity index (χ2n) is 1.70. The standard InChI is InChI=1S/C6H6FN.CHClO/c1-5-3-2-4-8-6(5)7;2-1-3/h2-4H,1H3;1H. The lowest BCUT2D eigenvalue weighted by Crippen LogP contribution is -1.83. The molecule has 0 saturated heterocycles. The van der Waals surface area contributed by atoms with E-state index in [9.17, 15) is 4.39 Å². The predicted molar refractivity (Wildman–Crippen MR) is 41.5 cm³/mol. The fourth-order valence-corrected chi connectivity index (χ4v) is 0.466. The van der Waals surface area contributed by atoms with Crippen LogP contribution in [0.1, 0.15) is 5.56 Å². The van der Waals surface area contributed by atoms with E-state index in [1.54, 1.807) is 19.1 Å². The van der Waals surface area contributed by atoms with Crippen LogP contribution in [0.15, 0.2) is 18.3 Å². The number of rotatable bonds is 0. The van der Waals surface area contributed by atoms with Crippen LogP contribution in [-0.4, -0.2) is 10.7 Å². The quantitative estimate of drug-likeness (QED) is 0.343. The molecular weight excluding hydrogens is 169 g/mol. The first kappa shape index (κ1) is 10.0. The molecule has 0 fully saturated rings. The Kier molecular flexibility index (Phi) is 5.29. The topological polar surface area (TPSA) is 30.0 Å². The van der Waals surface area contributed by atoms with E-state index in [1.807, 2.05) is 0 Å². The molecule has 1 heterocycles. The van der Waals surface area contributed by atoms with Crippen molar-refractivity contribution in [2.75, 3.05) is 0 Å². The van der Waals surface area contributed by atoms with Crippen LogP contribution in [-0.2, 0) is 4.79 Å². The normalized spacial score (nSPS) is 7.91. The number of nitrogens with zero attached hydrogens (tertiary/aromatic N) is 1. The van der Waals surface area contributed by atoms with E-state index < -0.39 is 0 Å². The summed E-state index contributed by atoms with van der Waals surface area (Å²) in [5.74, 6) is -0.160. The molecule has 0 radical (unpaired) electrons. The van der Waals surface area contributed by atoms with Crippen LogP contribution in [0, 0.1) is 12.9 Å². The second kappa shape index (κ2) is 5.80. The summed E-state index contributed by atoms with van der Waals surface area (Å²) >= 11 is 4.32. The van der Waals surface area contributed by atoms with Crippen molar-refractivity contribution in [1.82, 2.24) is 4.98 Å². The molecule has 11 heavy (non-hydrogen) atoms. The lowest BCUT2D eigenvalue weighted by atomic mass is 10.3. The highest BCUT2D eigenvalue weighted by Gasteiger charge is 1.90.